The Kier molecular flexibility index (Phi) is 6.93. The summed E-state index contributed by atoms with van der Waals surface area (Å²) < 4.78 is 0. The van der Waals surface area contributed by atoms with Crippen molar-refractivity contribution in [3.05, 3.63) is 0 Å². The summed E-state index contributed by atoms with van der Waals surface area (Å²) in [5.41, 5.74) is 0. The number of carboxylic acids is 1. The van der Waals surface area contributed by atoms with Gasteiger partial charge in [0.25, 0.3) is 0 Å². The van der Waals surface area contributed by atoms with E-state index in [4.69, 9.17) is 0 Å². The first-order chi connectivity index (χ1) is 7.75. The lowest BCUT2D eigenvalue weighted by molar-refractivity contribution is -0.141. The maximum absolute atomic E-state index is 11.2. The lowest BCUT2D eigenvalue weighted by Gasteiger charge is -2.20. The van der Waals surface area contributed by atoms with Crippen LogP contribution >= 0.6 is 11.8 Å². The van der Waals surface area contributed by atoms with Gasteiger partial charge in [-0.1, -0.05) is 39.0 Å². The molecule has 0 aromatic rings. The Balaban J connectivity index is 2.35. The third-order valence-electron chi connectivity index (χ3n) is 3.35. The summed E-state index contributed by atoms with van der Waals surface area (Å²) in [6.07, 6.45) is 9.29. The molecule has 0 radical (unpaired) electrons. The van der Waals surface area contributed by atoms with Crippen molar-refractivity contribution in [3.8, 4) is 0 Å². The van der Waals surface area contributed by atoms with Gasteiger partial charge in [0.1, 0.15) is 0 Å². The van der Waals surface area contributed by atoms with Gasteiger partial charge in [-0.25, -0.2) is 0 Å². The van der Waals surface area contributed by atoms with E-state index in [9.17, 15) is 9.90 Å². The van der Waals surface area contributed by atoms with E-state index < -0.39 is 5.97 Å². The maximum Gasteiger partial charge on any atom is 0.307 e. The normalized spacial score (nSPS) is 26.3. The Labute approximate surface area is 103 Å². The highest BCUT2D eigenvalue weighted by molar-refractivity contribution is 7.99. The molecule has 94 valence electrons. The van der Waals surface area contributed by atoms with Gasteiger partial charge >= 0.3 is 5.97 Å². The first-order valence-corrected chi connectivity index (χ1v) is 7.65. The Morgan fingerprint density at radius 1 is 1.25 bits per heavy atom. The fourth-order valence-electron chi connectivity index (χ4n) is 2.34. The highest BCUT2D eigenvalue weighted by Gasteiger charge is 2.29. The highest BCUT2D eigenvalue weighted by Crippen LogP contribution is 2.33. The molecular formula is C13H24O2S. The summed E-state index contributed by atoms with van der Waals surface area (Å²) in [6.45, 7) is 2.20. The second kappa shape index (κ2) is 7.99. The molecule has 3 heteroatoms. The summed E-state index contributed by atoms with van der Waals surface area (Å²) in [4.78, 5) is 11.2. The van der Waals surface area contributed by atoms with E-state index >= 15 is 0 Å². The molecule has 0 aromatic heterocycles. The Morgan fingerprint density at radius 3 is 2.69 bits per heavy atom. The quantitative estimate of drug-likeness (QED) is 0.568. The van der Waals surface area contributed by atoms with Gasteiger partial charge in [0.15, 0.2) is 0 Å². The lowest BCUT2D eigenvalue weighted by atomic mass is 10.0. The molecule has 0 aliphatic heterocycles. The molecule has 1 saturated carbocycles. The van der Waals surface area contributed by atoms with Crippen molar-refractivity contribution in [3.63, 3.8) is 0 Å². The fourth-order valence-corrected chi connectivity index (χ4v) is 3.83. The number of carbonyl (C=O) groups is 1. The second-order valence-electron chi connectivity index (χ2n) is 4.70. The average Bonchev–Trinajstić information content (AvgIpc) is 2.49. The maximum atomic E-state index is 11.2. The lowest BCUT2D eigenvalue weighted by Crippen LogP contribution is -2.25. The Bertz CT molecular complexity index is 206. The minimum absolute atomic E-state index is 0.0888. The summed E-state index contributed by atoms with van der Waals surface area (Å²) in [5, 5.41) is 9.60. The number of hydrogen-bond donors (Lipinski definition) is 1. The monoisotopic (exact) mass is 244 g/mol. The van der Waals surface area contributed by atoms with Crippen LogP contribution in [0.4, 0.5) is 0 Å². The van der Waals surface area contributed by atoms with Gasteiger partial charge < -0.3 is 5.11 Å². The zero-order valence-corrected chi connectivity index (χ0v) is 11.1. The van der Waals surface area contributed by atoms with Gasteiger partial charge in [0.05, 0.1) is 5.92 Å². The van der Waals surface area contributed by atoms with Crippen LogP contribution in [0, 0.1) is 5.92 Å². The molecule has 1 rings (SSSR count). The molecule has 0 saturated heterocycles. The molecule has 0 spiro atoms. The van der Waals surface area contributed by atoms with E-state index in [-0.39, 0.29) is 5.92 Å². The first kappa shape index (κ1) is 13.9. The summed E-state index contributed by atoms with van der Waals surface area (Å²) in [7, 11) is 0. The van der Waals surface area contributed by atoms with Crippen LogP contribution in [0.25, 0.3) is 0 Å². The van der Waals surface area contributed by atoms with Crippen LogP contribution in [0.5, 0.6) is 0 Å². The largest absolute Gasteiger partial charge is 0.481 e. The fraction of sp³-hybridized carbons (Fsp3) is 0.923. The molecule has 0 amide bonds. The van der Waals surface area contributed by atoms with Crippen LogP contribution in [0.15, 0.2) is 0 Å². The third-order valence-corrected chi connectivity index (χ3v) is 4.87. The predicted octanol–water partition coefficient (Wildman–Crippen LogP) is 3.94. The van der Waals surface area contributed by atoms with Crippen molar-refractivity contribution in [1.29, 1.82) is 0 Å². The highest BCUT2D eigenvalue weighted by atomic mass is 32.2. The van der Waals surface area contributed by atoms with Crippen LogP contribution in [-0.2, 0) is 4.79 Å². The van der Waals surface area contributed by atoms with Crippen LogP contribution in [0.3, 0.4) is 0 Å². The topological polar surface area (TPSA) is 37.3 Å². The third kappa shape index (κ3) is 4.77. The minimum Gasteiger partial charge on any atom is -0.481 e. The van der Waals surface area contributed by atoms with Crippen molar-refractivity contribution in [2.45, 2.75) is 63.5 Å². The number of carboxylic acid groups (broad SMARTS) is 1. The smallest absolute Gasteiger partial charge is 0.307 e. The number of aliphatic carboxylic acids is 1. The van der Waals surface area contributed by atoms with Crippen molar-refractivity contribution in [2.75, 3.05) is 5.75 Å². The molecule has 0 bridgehead atoms. The molecule has 16 heavy (non-hydrogen) atoms. The molecule has 1 fully saturated rings. The zero-order valence-electron chi connectivity index (χ0n) is 10.3. The molecule has 0 heterocycles. The number of rotatable bonds is 6. The van der Waals surface area contributed by atoms with Crippen LogP contribution in [0.2, 0.25) is 0 Å². The number of hydrogen-bond acceptors (Lipinski definition) is 2. The van der Waals surface area contributed by atoms with E-state index in [0.717, 1.165) is 25.0 Å². The number of unbranched alkanes of at least 4 members (excludes halogenated alkanes) is 2. The number of thioether (sulfide) groups is 1. The van der Waals surface area contributed by atoms with Crippen molar-refractivity contribution < 1.29 is 9.90 Å². The first-order valence-electron chi connectivity index (χ1n) is 6.60. The standard InChI is InChI=1S/C13H24O2S/c1-2-3-7-10-16-12-9-6-4-5-8-11(12)13(14)15/h11-12H,2-10H2,1H3,(H,14,15). The Morgan fingerprint density at radius 2 is 2.00 bits per heavy atom. The van der Waals surface area contributed by atoms with Crippen LogP contribution < -0.4 is 0 Å². The molecule has 1 aliphatic rings. The van der Waals surface area contributed by atoms with Gasteiger partial charge in [0, 0.05) is 5.25 Å². The van der Waals surface area contributed by atoms with Crippen LogP contribution in [0.1, 0.15) is 58.3 Å². The van der Waals surface area contributed by atoms with Crippen molar-refractivity contribution >= 4 is 17.7 Å². The molecule has 2 unspecified atom stereocenters. The van der Waals surface area contributed by atoms with Crippen molar-refractivity contribution in [1.82, 2.24) is 0 Å². The predicted molar refractivity (Wildman–Crippen MR) is 70.0 cm³/mol. The van der Waals surface area contributed by atoms with Gasteiger partial charge in [0.2, 0.25) is 0 Å². The van der Waals surface area contributed by atoms with E-state index in [1.165, 1.54) is 32.1 Å². The molecule has 2 nitrogen and oxygen atoms in total. The average molecular weight is 244 g/mol. The van der Waals surface area contributed by atoms with E-state index in [1.54, 1.807) is 0 Å². The zero-order chi connectivity index (χ0) is 11.8. The van der Waals surface area contributed by atoms with Gasteiger partial charge in [-0.05, 0) is 25.0 Å². The minimum atomic E-state index is -0.574. The summed E-state index contributed by atoms with van der Waals surface area (Å²) in [6, 6.07) is 0. The van der Waals surface area contributed by atoms with Gasteiger partial charge in [-0.3, -0.25) is 4.79 Å². The SMILES string of the molecule is CCCCCSC1CCCCCC1C(=O)O. The molecule has 1 aliphatic carbocycles. The van der Waals surface area contributed by atoms with E-state index in [1.807, 2.05) is 11.8 Å². The Hall–Kier alpha value is -0.180. The van der Waals surface area contributed by atoms with Gasteiger partial charge in [-0.2, -0.15) is 11.8 Å². The second-order valence-corrected chi connectivity index (χ2v) is 6.05. The van der Waals surface area contributed by atoms with Gasteiger partial charge in [-0.15, -0.1) is 0 Å². The molecule has 0 aromatic carbocycles. The van der Waals surface area contributed by atoms with E-state index in [2.05, 4.69) is 6.92 Å². The summed E-state index contributed by atoms with van der Waals surface area (Å²) in [5.74, 6) is 0.478. The molecule has 2 atom stereocenters. The summed E-state index contributed by atoms with van der Waals surface area (Å²) >= 11 is 1.91. The molecular weight excluding hydrogens is 220 g/mol. The van der Waals surface area contributed by atoms with Crippen LogP contribution in [-0.4, -0.2) is 22.1 Å². The van der Waals surface area contributed by atoms with E-state index in [0.29, 0.717) is 5.25 Å². The molecule has 1 N–H and O–H groups in total. The van der Waals surface area contributed by atoms with Crippen molar-refractivity contribution in [2.24, 2.45) is 5.92 Å².